The van der Waals surface area contributed by atoms with E-state index in [1.807, 2.05) is 36.4 Å². The van der Waals surface area contributed by atoms with Gasteiger partial charge in [0.2, 0.25) is 0 Å². The maximum atomic E-state index is 5.45. The van der Waals surface area contributed by atoms with Crippen molar-refractivity contribution in [2.24, 2.45) is 10.4 Å². The SMILES string of the molecule is CCNC(=NCc1cc(-c2ccccc2)on1)N1CCC(C)(C)C1.I. The van der Waals surface area contributed by atoms with E-state index in [1.165, 1.54) is 6.42 Å². The Labute approximate surface area is 166 Å². The fourth-order valence-electron chi connectivity index (χ4n) is 3.00. The molecule has 0 saturated carbocycles. The van der Waals surface area contributed by atoms with E-state index in [0.717, 1.165) is 42.6 Å². The van der Waals surface area contributed by atoms with Gasteiger partial charge >= 0.3 is 0 Å². The maximum absolute atomic E-state index is 5.45. The Balaban J connectivity index is 0.00000225. The zero-order chi connectivity index (χ0) is 17.0. The minimum absolute atomic E-state index is 0. The van der Waals surface area contributed by atoms with Crippen molar-refractivity contribution in [2.45, 2.75) is 33.7 Å². The lowest BCUT2D eigenvalue weighted by molar-refractivity contribution is 0.370. The summed E-state index contributed by atoms with van der Waals surface area (Å²) in [7, 11) is 0. The number of nitrogens with one attached hydrogen (secondary N) is 1. The number of hydrogen-bond acceptors (Lipinski definition) is 3. The lowest BCUT2D eigenvalue weighted by atomic mass is 9.93. The first-order chi connectivity index (χ1) is 11.6. The van der Waals surface area contributed by atoms with Crippen LogP contribution in [0.5, 0.6) is 0 Å². The summed E-state index contributed by atoms with van der Waals surface area (Å²) in [6.45, 7) is 10.2. The highest BCUT2D eigenvalue weighted by Crippen LogP contribution is 2.28. The number of aliphatic imine (C=N–C) groups is 1. The standard InChI is InChI=1S/C19H26N4O.HI/c1-4-20-18(23-11-10-19(2,3)14-23)21-13-16-12-17(24-22-16)15-8-6-5-7-9-15;/h5-9,12H,4,10-11,13-14H2,1-3H3,(H,20,21);1H. The van der Waals surface area contributed by atoms with Crippen molar-refractivity contribution in [1.82, 2.24) is 15.4 Å². The number of aromatic nitrogens is 1. The van der Waals surface area contributed by atoms with Gasteiger partial charge < -0.3 is 14.7 Å². The molecule has 5 nitrogen and oxygen atoms in total. The Morgan fingerprint density at radius 2 is 2.08 bits per heavy atom. The molecule has 0 bridgehead atoms. The Morgan fingerprint density at radius 3 is 2.72 bits per heavy atom. The van der Waals surface area contributed by atoms with Crippen molar-refractivity contribution in [1.29, 1.82) is 0 Å². The highest BCUT2D eigenvalue weighted by molar-refractivity contribution is 14.0. The van der Waals surface area contributed by atoms with E-state index >= 15 is 0 Å². The molecule has 2 aromatic rings. The molecule has 1 saturated heterocycles. The van der Waals surface area contributed by atoms with Gasteiger partial charge in [-0.05, 0) is 18.8 Å². The van der Waals surface area contributed by atoms with E-state index in [-0.39, 0.29) is 24.0 Å². The Hall–Kier alpha value is -1.57. The minimum Gasteiger partial charge on any atom is -0.357 e. The molecule has 0 radical (unpaired) electrons. The van der Waals surface area contributed by atoms with E-state index in [9.17, 15) is 0 Å². The maximum Gasteiger partial charge on any atom is 0.194 e. The van der Waals surface area contributed by atoms with Crippen LogP contribution in [0.15, 0.2) is 45.9 Å². The Kier molecular flexibility index (Phi) is 6.87. The summed E-state index contributed by atoms with van der Waals surface area (Å²) in [5.41, 5.74) is 2.24. The van der Waals surface area contributed by atoms with Crippen LogP contribution in [0.25, 0.3) is 11.3 Å². The van der Waals surface area contributed by atoms with Crippen molar-refractivity contribution in [3.8, 4) is 11.3 Å². The van der Waals surface area contributed by atoms with Crippen molar-refractivity contribution >= 4 is 29.9 Å². The fraction of sp³-hybridized carbons (Fsp3) is 0.474. The van der Waals surface area contributed by atoms with Crippen LogP contribution in [-0.4, -0.2) is 35.7 Å². The molecular weight excluding hydrogens is 427 g/mol. The number of benzene rings is 1. The molecule has 3 rings (SSSR count). The molecule has 0 unspecified atom stereocenters. The number of rotatable bonds is 4. The molecule has 1 N–H and O–H groups in total. The average Bonchev–Trinajstić information content (AvgIpc) is 3.19. The first kappa shape index (κ1) is 19.8. The molecule has 1 aromatic heterocycles. The predicted octanol–water partition coefficient (Wildman–Crippen LogP) is 4.16. The molecule has 6 heteroatoms. The third-order valence-corrected chi connectivity index (χ3v) is 4.32. The van der Waals surface area contributed by atoms with Gasteiger partial charge in [0.05, 0.1) is 6.54 Å². The van der Waals surface area contributed by atoms with E-state index in [1.54, 1.807) is 0 Å². The van der Waals surface area contributed by atoms with Gasteiger partial charge in [0.25, 0.3) is 0 Å². The summed E-state index contributed by atoms with van der Waals surface area (Å²) < 4.78 is 5.45. The highest BCUT2D eigenvalue weighted by atomic mass is 127. The number of nitrogens with zero attached hydrogens (tertiary/aromatic N) is 3. The van der Waals surface area contributed by atoms with Crippen LogP contribution in [0.2, 0.25) is 0 Å². The van der Waals surface area contributed by atoms with Crippen molar-refractivity contribution < 1.29 is 4.52 Å². The van der Waals surface area contributed by atoms with Gasteiger partial charge in [-0.3, -0.25) is 0 Å². The molecule has 2 heterocycles. The lowest BCUT2D eigenvalue weighted by Gasteiger charge is -2.23. The molecule has 25 heavy (non-hydrogen) atoms. The number of halogens is 1. The molecule has 0 spiro atoms. The topological polar surface area (TPSA) is 53.7 Å². The van der Waals surface area contributed by atoms with Crippen molar-refractivity contribution in [3.63, 3.8) is 0 Å². The Morgan fingerprint density at radius 1 is 1.32 bits per heavy atom. The van der Waals surface area contributed by atoms with Crippen LogP contribution in [0.1, 0.15) is 32.9 Å². The van der Waals surface area contributed by atoms with Gasteiger partial charge in [-0.2, -0.15) is 0 Å². The normalized spacial score (nSPS) is 16.6. The zero-order valence-corrected chi connectivity index (χ0v) is 17.5. The second kappa shape index (κ2) is 8.69. The van der Waals surface area contributed by atoms with Gasteiger partial charge in [0.15, 0.2) is 11.7 Å². The molecule has 1 aromatic carbocycles. The fourth-order valence-corrected chi connectivity index (χ4v) is 3.00. The summed E-state index contributed by atoms with van der Waals surface area (Å²) in [5, 5.41) is 7.54. The summed E-state index contributed by atoms with van der Waals surface area (Å²) in [6.07, 6.45) is 1.19. The number of guanidine groups is 1. The first-order valence-electron chi connectivity index (χ1n) is 8.62. The van der Waals surface area contributed by atoms with Crippen LogP contribution in [0.4, 0.5) is 0 Å². The smallest absolute Gasteiger partial charge is 0.194 e. The second-order valence-corrected chi connectivity index (χ2v) is 7.05. The number of hydrogen-bond donors (Lipinski definition) is 1. The third kappa shape index (κ3) is 5.20. The molecule has 136 valence electrons. The molecule has 1 fully saturated rings. The van der Waals surface area contributed by atoms with Crippen LogP contribution < -0.4 is 5.32 Å². The van der Waals surface area contributed by atoms with E-state index < -0.39 is 0 Å². The summed E-state index contributed by atoms with van der Waals surface area (Å²) in [6, 6.07) is 12.0. The summed E-state index contributed by atoms with van der Waals surface area (Å²) >= 11 is 0. The van der Waals surface area contributed by atoms with Gasteiger partial charge in [-0.25, -0.2) is 4.99 Å². The van der Waals surface area contributed by atoms with Crippen molar-refractivity contribution in [3.05, 3.63) is 42.1 Å². The van der Waals surface area contributed by atoms with E-state index in [2.05, 4.69) is 36.1 Å². The van der Waals surface area contributed by atoms with E-state index in [0.29, 0.717) is 12.0 Å². The van der Waals surface area contributed by atoms with Gasteiger partial charge in [-0.1, -0.05) is 49.3 Å². The van der Waals surface area contributed by atoms with Gasteiger partial charge in [0, 0.05) is 31.3 Å². The quantitative estimate of drug-likeness (QED) is 0.429. The first-order valence-corrected chi connectivity index (χ1v) is 8.62. The third-order valence-electron chi connectivity index (χ3n) is 4.32. The van der Waals surface area contributed by atoms with Crippen LogP contribution in [0.3, 0.4) is 0 Å². The summed E-state index contributed by atoms with van der Waals surface area (Å²) in [4.78, 5) is 7.08. The Bertz CT molecular complexity index is 696. The van der Waals surface area contributed by atoms with Crippen molar-refractivity contribution in [2.75, 3.05) is 19.6 Å². The highest BCUT2D eigenvalue weighted by Gasteiger charge is 2.30. The molecule has 1 aliphatic heterocycles. The molecule has 0 amide bonds. The molecule has 0 atom stereocenters. The van der Waals surface area contributed by atoms with Crippen LogP contribution in [0, 0.1) is 5.41 Å². The van der Waals surface area contributed by atoms with Crippen LogP contribution in [-0.2, 0) is 6.54 Å². The molecule has 0 aliphatic carbocycles. The van der Waals surface area contributed by atoms with E-state index in [4.69, 9.17) is 9.52 Å². The molecular formula is C19H27IN4O. The van der Waals surface area contributed by atoms with Gasteiger partial charge in [0.1, 0.15) is 5.69 Å². The largest absolute Gasteiger partial charge is 0.357 e. The number of likely N-dealkylation sites (tertiary alicyclic amines) is 1. The second-order valence-electron chi connectivity index (χ2n) is 7.05. The monoisotopic (exact) mass is 454 g/mol. The minimum atomic E-state index is 0. The van der Waals surface area contributed by atoms with Crippen LogP contribution >= 0.6 is 24.0 Å². The molecule has 1 aliphatic rings. The zero-order valence-electron chi connectivity index (χ0n) is 15.2. The van der Waals surface area contributed by atoms with Gasteiger partial charge in [-0.15, -0.1) is 24.0 Å². The summed E-state index contributed by atoms with van der Waals surface area (Å²) in [5.74, 6) is 1.75. The lowest BCUT2D eigenvalue weighted by Crippen LogP contribution is -2.40. The average molecular weight is 454 g/mol. The predicted molar refractivity (Wildman–Crippen MR) is 112 cm³/mol.